The monoisotopic (exact) mass is 359 g/mol. The van der Waals surface area contributed by atoms with Crippen LogP contribution in [0, 0.1) is 0 Å². The quantitative estimate of drug-likeness (QED) is 0.667. The van der Waals surface area contributed by atoms with Crippen molar-refractivity contribution in [2.24, 2.45) is 0 Å². The largest absolute Gasteiger partial charge is 0.464 e. The Kier molecular flexibility index (Phi) is 5.95. The maximum atomic E-state index is 11.9. The van der Waals surface area contributed by atoms with Crippen molar-refractivity contribution in [1.29, 1.82) is 0 Å². The average Bonchev–Trinajstić information content (AvgIpc) is 2.86. The van der Waals surface area contributed by atoms with E-state index in [1.54, 1.807) is 23.3 Å². The molecule has 1 aliphatic heterocycles. The van der Waals surface area contributed by atoms with Crippen molar-refractivity contribution in [3.05, 3.63) is 39.8 Å². The molecule has 0 aromatic heterocycles. The Morgan fingerprint density at radius 1 is 1.26 bits per heavy atom. The highest BCUT2D eigenvalue weighted by molar-refractivity contribution is 6.35. The second kappa shape index (κ2) is 7.74. The summed E-state index contributed by atoms with van der Waals surface area (Å²) in [5.41, 5.74) is 6.98. The lowest BCUT2D eigenvalue weighted by atomic mass is 10.3. The summed E-state index contributed by atoms with van der Waals surface area (Å²) < 4.78 is 4.79. The summed E-state index contributed by atoms with van der Waals surface area (Å²) >= 11 is 12.0. The molecule has 0 saturated carbocycles. The van der Waals surface area contributed by atoms with Gasteiger partial charge in [0.05, 0.1) is 13.7 Å². The van der Waals surface area contributed by atoms with Gasteiger partial charge in [-0.3, -0.25) is 10.9 Å². The van der Waals surface area contributed by atoms with Crippen LogP contribution in [0.2, 0.25) is 10.0 Å². The van der Waals surface area contributed by atoms with Gasteiger partial charge in [0.15, 0.2) is 11.5 Å². The number of rotatable bonds is 6. The zero-order chi connectivity index (χ0) is 17.0. The summed E-state index contributed by atoms with van der Waals surface area (Å²) in [5.74, 6) is -0.0191. The second-order valence-corrected chi connectivity index (χ2v) is 6.08. The van der Waals surface area contributed by atoms with Crippen LogP contribution in [0.3, 0.4) is 0 Å². The summed E-state index contributed by atoms with van der Waals surface area (Å²) in [6, 6.07) is 5.05. The van der Waals surface area contributed by atoms with Crippen LogP contribution >= 0.6 is 23.2 Å². The molecule has 0 bridgehead atoms. The van der Waals surface area contributed by atoms with E-state index in [1.807, 2.05) is 19.0 Å². The van der Waals surface area contributed by atoms with Gasteiger partial charge in [-0.25, -0.2) is 4.79 Å². The molecule has 0 atom stereocenters. The topological polar surface area (TPSA) is 68.9 Å². The molecule has 0 radical (unpaired) electrons. The number of nitrogens with one attached hydrogen (secondary N) is 3. The summed E-state index contributed by atoms with van der Waals surface area (Å²) in [5, 5.41) is 5.77. The van der Waals surface area contributed by atoms with Crippen molar-refractivity contribution in [2.75, 3.05) is 39.6 Å². The van der Waals surface area contributed by atoms with Gasteiger partial charge in [0.1, 0.15) is 0 Å². The normalized spacial score (nSPS) is 14.7. The highest BCUT2D eigenvalue weighted by Gasteiger charge is 2.27. The number of ether oxygens (including phenoxy) is 1. The molecule has 9 heteroatoms. The summed E-state index contributed by atoms with van der Waals surface area (Å²) in [6.45, 7) is 1.44. The van der Waals surface area contributed by atoms with Crippen LogP contribution in [-0.4, -0.2) is 50.3 Å². The van der Waals surface area contributed by atoms with Crippen molar-refractivity contribution in [3.8, 4) is 0 Å². The maximum Gasteiger partial charge on any atom is 0.359 e. The molecule has 0 saturated heterocycles. The maximum absolute atomic E-state index is 11.9. The zero-order valence-corrected chi connectivity index (χ0v) is 14.6. The Bertz CT molecular complexity index is 601. The first kappa shape index (κ1) is 17.7. The van der Waals surface area contributed by atoms with E-state index in [9.17, 15) is 4.79 Å². The number of carbonyl (C=O) groups excluding carboxylic acids is 1. The average molecular weight is 360 g/mol. The van der Waals surface area contributed by atoms with Gasteiger partial charge in [-0.15, -0.1) is 5.12 Å². The number of anilines is 1. The molecule has 0 amide bonds. The fraction of sp³-hybridized carbons (Fsp3) is 0.357. The molecule has 0 aliphatic carbocycles. The van der Waals surface area contributed by atoms with E-state index >= 15 is 0 Å². The van der Waals surface area contributed by atoms with E-state index in [0.717, 1.165) is 6.54 Å². The summed E-state index contributed by atoms with van der Waals surface area (Å²) in [4.78, 5) is 14.0. The molecule has 1 aromatic carbocycles. The van der Waals surface area contributed by atoms with Crippen LogP contribution in [0.25, 0.3) is 0 Å². The van der Waals surface area contributed by atoms with Crippen molar-refractivity contribution >= 4 is 34.9 Å². The number of methoxy groups -OCH3 is 1. The molecule has 0 unspecified atom stereocenters. The van der Waals surface area contributed by atoms with Crippen LogP contribution in [-0.2, 0) is 9.53 Å². The molecule has 1 aromatic rings. The zero-order valence-electron chi connectivity index (χ0n) is 13.1. The summed E-state index contributed by atoms with van der Waals surface area (Å²) in [7, 11) is 5.27. The second-order valence-electron chi connectivity index (χ2n) is 5.20. The molecular formula is C14H19Cl2N5O2. The molecule has 2 rings (SSSR count). The van der Waals surface area contributed by atoms with Crippen molar-refractivity contribution in [2.45, 2.75) is 0 Å². The van der Waals surface area contributed by atoms with E-state index in [4.69, 9.17) is 27.9 Å². The molecule has 7 nitrogen and oxygen atoms in total. The molecular weight excluding hydrogens is 341 g/mol. The molecule has 1 aliphatic rings. The van der Waals surface area contributed by atoms with E-state index < -0.39 is 5.97 Å². The van der Waals surface area contributed by atoms with Crippen LogP contribution in [0.1, 0.15) is 0 Å². The fourth-order valence-corrected chi connectivity index (χ4v) is 2.46. The van der Waals surface area contributed by atoms with Crippen molar-refractivity contribution in [1.82, 2.24) is 20.9 Å². The SMILES string of the molecule is COC(=O)C1=C(Nc2cc(Cl)cc(Cl)c2)NN(CCN(C)C)N1. The number of hydrogen-bond donors (Lipinski definition) is 3. The van der Waals surface area contributed by atoms with Gasteiger partial charge in [-0.05, 0) is 32.3 Å². The van der Waals surface area contributed by atoms with Gasteiger partial charge in [-0.1, -0.05) is 23.2 Å². The number of carbonyl (C=O) groups is 1. The van der Waals surface area contributed by atoms with Gasteiger partial charge >= 0.3 is 5.97 Å². The van der Waals surface area contributed by atoms with Gasteiger partial charge < -0.3 is 15.0 Å². The first-order valence-electron chi connectivity index (χ1n) is 6.90. The first-order chi connectivity index (χ1) is 10.9. The number of halogens is 2. The molecule has 0 fully saturated rings. The highest BCUT2D eigenvalue weighted by atomic mass is 35.5. The fourth-order valence-electron chi connectivity index (χ4n) is 1.93. The number of likely N-dealkylation sites (N-methyl/N-ethyl adjacent to an activating group) is 1. The number of hydrogen-bond acceptors (Lipinski definition) is 7. The molecule has 23 heavy (non-hydrogen) atoms. The minimum Gasteiger partial charge on any atom is -0.464 e. The van der Waals surface area contributed by atoms with Crippen molar-refractivity contribution in [3.63, 3.8) is 0 Å². The molecule has 1 heterocycles. The summed E-state index contributed by atoms with van der Waals surface area (Å²) in [6.07, 6.45) is 0. The minimum atomic E-state index is -0.486. The Morgan fingerprint density at radius 2 is 1.91 bits per heavy atom. The van der Waals surface area contributed by atoms with Crippen LogP contribution in [0.4, 0.5) is 5.69 Å². The Balaban J connectivity index is 2.15. The number of benzene rings is 1. The van der Waals surface area contributed by atoms with Gasteiger partial charge in [0.2, 0.25) is 0 Å². The van der Waals surface area contributed by atoms with E-state index in [-0.39, 0.29) is 5.70 Å². The molecule has 3 N–H and O–H groups in total. The van der Waals surface area contributed by atoms with Crippen LogP contribution < -0.4 is 16.2 Å². The standard InChI is InChI=1S/C14H19Cl2N5O2/c1-20(2)4-5-21-18-12(14(22)23-3)13(19-21)17-11-7-9(15)6-10(16)8-11/h6-8,17-19H,4-5H2,1-3H3. The van der Waals surface area contributed by atoms with Crippen LogP contribution in [0.15, 0.2) is 29.7 Å². The van der Waals surface area contributed by atoms with Gasteiger partial charge in [0.25, 0.3) is 0 Å². The lowest BCUT2D eigenvalue weighted by molar-refractivity contribution is -0.136. The van der Waals surface area contributed by atoms with E-state index in [0.29, 0.717) is 28.1 Å². The lowest BCUT2D eigenvalue weighted by Crippen LogP contribution is -2.44. The number of esters is 1. The third-order valence-electron chi connectivity index (χ3n) is 3.04. The first-order valence-corrected chi connectivity index (χ1v) is 7.66. The number of nitrogens with zero attached hydrogens (tertiary/aromatic N) is 2. The van der Waals surface area contributed by atoms with E-state index in [1.165, 1.54) is 7.11 Å². The predicted octanol–water partition coefficient (Wildman–Crippen LogP) is 1.63. The van der Waals surface area contributed by atoms with Crippen molar-refractivity contribution < 1.29 is 9.53 Å². The smallest absolute Gasteiger partial charge is 0.359 e. The van der Waals surface area contributed by atoms with E-state index in [2.05, 4.69) is 16.2 Å². The Morgan fingerprint density at radius 3 is 2.48 bits per heavy atom. The Labute approximate surface area is 145 Å². The lowest BCUT2D eigenvalue weighted by Gasteiger charge is -2.20. The van der Waals surface area contributed by atoms with Gasteiger partial charge in [-0.2, -0.15) is 0 Å². The third-order valence-corrected chi connectivity index (χ3v) is 3.47. The number of hydrazine groups is 2. The minimum absolute atomic E-state index is 0.280. The van der Waals surface area contributed by atoms with Crippen LogP contribution in [0.5, 0.6) is 0 Å². The molecule has 126 valence electrons. The predicted molar refractivity (Wildman–Crippen MR) is 90.7 cm³/mol. The van der Waals surface area contributed by atoms with Gasteiger partial charge in [0, 0.05) is 22.3 Å². The Hall–Kier alpha value is -1.67. The molecule has 0 spiro atoms. The highest BCUT2D eigenvalue weighted by Crippen LogP contribution is 2.24. The third kappa shape index (κ3) is 4.90.